The molecule has 5 rings (SSSR count). The molecule has 0 amide bonds. The summed E-state index contributed by atoms with van der Waals surface area (Å²) in [5, 5.41) is 0.720. The third-order valence-corrected chi connectivity index (χ3v) is 5.39. The maximum atomic E-state index is 6.08. The van der Waals surface area contributed by atoms with E-state index in [1.54, 1.807) is 0 Å². The van der Waals surface area contributed by atoms with Gasteiger partial charge >= 0.3 is 0 Å². The predicted molar refractivity (Wildman–Crippen MR) is 103 cm³/mol. The molecule has 0 saturated carbocycles. The fourth-order valence-corrected chi connectivity index (χ4v) is 4.10. The van der Waals surface area contributed by atoms with Crippen molar-refractivity contribution in [2.24, 2.45) is 0 Å². The largest absolute Gasteiger partial charge is 0.341 e. The van der Waals surface area contributed by atoms with Gasteiger partial charge in [-0.3, -0.25) is 4.90 Å². The van der Waals surface area contributed by atoms with Gasteiger partial charge in [0, 0.05) is 18.9 Å². The summed E-state index contributed by atoms with van der Waals surface area (Å²) in [6.07, 6.45) is 6.27. The Hall–Kier alpha value is -2.37. The smallest absolute Gasteiger partial charge is 0.137 e. The Morgan fingerprint density at radius 3 is 3.04 bits per heavy atom. The van der Waals surface area contributed by atoms with Gasteiger partial charge in [-0.05, 0) is 56.1 Å². The number of fused-ring (bicyclic) bond motifs is 2. The highest BCUT2D eigenvalue weighted by Gasteiger charge is 2.29. The van der Waals surface area contributed by atoms with E-state index in [2.05, 4.69) is 41.2 Å². The van der Waals surface area contributed by atoms with Crippen LogP contribution in [0, 0.1) is 6.92 Å². The zero-order chi connectivity index (χ0) is 17.7. The minimum absolute atomic E-state index is 0.316. The van der Waals surface area contributed by atoms with Gasteiger partial charge in [0.25, 0.3) is 0 Å². The highest BCUT2D eigenvalue weighted by molar-refractivity contribution is 6.30. The van der Waals surface area contributed by atoms with E-state index in [1.807, 2.05) is 22.7 Å². The number of hydrogen-bond donors (Lipinski definition) is 1. The molecule has 3 aromatic heterocycles. The highest BCUT2D eigenvalue weighted by Crippen LogP contribution is 2.32. The maximum absolute atomic E-state index is 6.08. The molecule has 1 fully saturated rings. The Kier molecular flexibility index (Phi) is 3.72. The lowest BCUT2D eigenvalue weighted by atomic mass is 10.2. The SMILES string of the molecule is Cc1ccc2nc(C3CCCN3Cc3cn4cc(Cl)ccc4n3)[nH]c2c1. The van der Waals surface area contributed by atoms with Crippen LogP contribution in [0.4, 0.5) is 0 Å². The lowest BCUT2D eigenvalue weighted by molar-refractivity contribution is 0.239. The second kappa shape index (κ2) is 6.11. The standard InChI is InChI=1S/C20H20ClN5/c1-13-4-6-16-17(9-13)24-20(23-16)18-3-2-8-25(18)11-15-12-26-10-14(21)5-7-19(26)22-15/h4-7,9-10,12,18H,2-3,8,11H2,1H3,(H,23,24). The molecule has 1 unspecified atom stereocenters. The van der Waals surface area contributed by atoms with Crippen LogP contribution < -0.4 is 0 Å². The number of aromatic nitrogens is 4. The summed E-state index contributed by atoms with van der Waals surface area (Å²) in [6, 6.07) is 10.5. The summed E-state index contributed by atoms with van der Waals surface area (Å²) >= 11 is 6.08. The molecule has 1 saturated heterocycles. The van der Waals surface area contributed by atoms with E-state index >= 15 is 0 Å². The van der Waals surface area contributed by atoms with Crippen LogP contribution in [-0.4, -0.2) is 30.8 Å². The molecule has 0 spiro atoms. The number of nitrogens with zero attached hydrogens (tertiary/aromatic N) is 4. The van der Waals surface area contributed by atoms with Crippen molar-refractivity contribution in [3.63, 3.8) is 0 Å². The Balaban J connectivity index is 1.43. The van der Waals surface area contributed by atoms with Gasteiger partial charge < -0.3 is 9.38 Å². The van der Waals surface area contributed by atoms with Crippen LogP contribution in [0.3, 0.4) is 0 Å². The zero-order valence-electron chi connectivity index (χ0n) is 14.6. The molecule has 132 valence electrons. The van der Waals surface area contributed by atoms with Crippen molar-refractivity contribution in [1.82, 2.24) is 24.3 Å². The molecule has 0 bridgehead atoms. The molecule has 6 heteroatoms. The van der Waals surface area contributed by atoms with Gasteiger partial charge in [0.05, 0.1) is 27.8 Å². The van der Waals surface area contributed by atoms with Crippen LogP contribution in [0.15, 0.2) is 42.7 Å². The van der Waals surface area contributed by atoms with E-state index in [0.29, 0.717) is 6.04 Å². The molecular weight excluding hydrogens is 346 g/mol. The number of H-pyrrole nitrogens is 1. The molecule has 0 radical (unpaired) electrons. The molecule has 1 N–H and O–H groups in total. The van der Waals surface area contributed by atoms with E-state index in [4.69, 9.17) is 21.6 Å². The van der Waals surface area contributed by atoms with E-state index in [-0.39, 0.29) is 0 Å². The zero-order valence-corrected chi connectivity index (χ0v) is 15.4. The molecule has 1 aromatic carbocycles. The molecule has 5 nitrogen and oxygen atoms in total. The number of hydrogen-bond acceptors (Lipinski definition) is 3. The first-order valence-corrected chi connectivity index (χ1v) is 9.37. The van der Waals surface area contributed by atoms with Crippen molar-refractivity contribution in [3.05, 3.63) is 64.8 Å². The van der Waals surface area contributed by atoms with Crippen LogP contribution >= 0.6 is 11.6 Å². The maximum Gasteiger partial charge on any atom is 0.137 e. The lowest BCUT2D eigenvalue weighted by Gasteiger charge is -2.21. The summed E-state index contributed by atoms with van der Waals surface area (Å²) in [5.41, 5.74) is 5.40. The number of pyridine rings is 1. The first-order valence-electron chi connectivity index (χ1n) is 8.99. The number of aryl methyl sites for hydroxylation is 1. The first-order chi connectivity index (χ1) is 12.7. The monoisotopic (exact) mass is 365 g/mol. The van der Waals surface area contributed by atoms with Crippen molar-refractivity contribution in [2.45, 2.75) is 32.4 Å². The molecule has 0 aliphatic carbocycles. The van der Waals surface area contributed by atoms with Crippen molar-refractivity contribution in [2.75, 3.05) is 6.54 Å². The summed E-state index contributed by atoms with van der Waals surface area (Å²) in [5.74, 6) is 1.06. The van der Waals surface area contributed by atoms with Crippen LogP contribution in [0.25, 0.3) is 16.7 Å². The predicted octanol–water partition coefficient (Wildman–Crippen LogP) is 4.51. The number of aromatic amines is 1. The van der Waals surface area contributed by atoms with Crippen molar-refractivity contribution < 1.29 is 0 Å². The number of imidazole rings is 2. The van der Waals surface area contributed by atoms with Crippen molar-refractivity contribution in [3.8, 4) is 0 Å². The minimum Gasteiger partial charge on any atom is -0.341 e. The van der Waals surface area contributed by atoms with Gasteiger partial charge in [-0.2, -0.15) is 0 Å². The number of nitrogens with one attached hydrogen (secondary N) is 1. The first kappa shape index (κ1) is 15.9. The number of likely N-dealkylation sites (tertiary alicyclic amines) is 1. The van der Waals surface area contributed by atoms with Gasteiger partial charge in [-0.25, -0.2) is 9.97 Å². The van der Waals surface area contributed by atoms with E-state index in [1.165, 1.54) is 12.0 Å². The quantitative estimate of drug-likeness (QED) is 0.581. The average Bonchev–Trinajstić information content (AvgIpc) is 3.31. The summed E-state index contributed by atoms with van der Waals surface area (Å²) in [4.78, 5) is 15.6. The number of benzene rings is 1. The van der Waals surface area contributed by atoms with Crippen LogP contribution in [0.1, 0.15) is 36.0 Å². The third kappa shape index (κ3) is 2.77. The van der Waals surface area contributed by atoms with Crippen LogP contribution in [0.5, 0.6) is 0 Å². The molecule has 26 heavy (non-hydrogen) atoms. The molecule has 4 aromatic rings. The van der Waals surface area contributed by atoms with Crippen LogP contribution in [-0.2, 0) is 6.54 Å². The van der Waals surface area contributed by atoms with Gasteiger partial charge in [0.15, 0.2) is 0 Å². The van der Waals surface area contributed by atoms with E-state index in [9.17, 15) is 0 Å². The Morgan fingerprint density at radius 1 is 1.19 bits per heavy atom. The molecular formula is C20H20ClN5. The topological polar surface area (TPSA) is 49.2 Å². The Bertz CT molecular complexity index is 1100. The number of rotatable bonds is 3. The number of halogens is 1. The van der Waals surface area contributed by atoms with E-state index < -0.39 is 0 Å². The van der Waals surface area contributed by atoms with Gasteiger partial charge in [0.2, 0.25) is 0 Å². The Labute approximate surface area is 156 Å². The lowest BCUT2D eigenvalue weighted by Crippen LogP contribution is -2.23. The van der Waals surface area contributed by atoms with Gasteiger partial charge in [-0.15, -0.1) is 0 Å². The third-order valence-electron chi connectivity index (χ3n) is 5.16. The molecule has 1 atom stereocenters. The van der Waals surface area contributed by atoms with Crippen LogP contribution in [0.2, 0.25) is 5.02 Å². The average molecular weight is 366 g/mol. The van der Waals surface area contributed by atoms with Crippen molar-refractivity contribution >= 4 is 28.3 Å². The van der Waals surface area contributed by atoms with Gasteiger partial charge in [0.1, 0.15) is 11.5 Å². The fourth-order valence-electron chi connectivity index (χ4n) is 3.93. The second-order valence-electron chi connectivity index (χ2n) is 7.12. The van der Waals surface area contributed by atoms with Gasteiger partial charge in [-0.1, -0.05) is 17.7 Å². The highest BCUT2D eigenvalue weighted by atomic mass is 35.5. The second-order valence-corrected chi connectivity index (χ2v) is 7.55. The summed E-state index contributed by atoms with van der Waals surface area (Å²) < 4.78 is 1.99. The van der Waals surface area contributed by atoms with E-state index in [0.717, 1.165) is 52.7 Å². The minimum atomic E-state index is 0.316. The molecule has 1 aliphatic rings. The fraction of sp³-hybridized carbons (Fsp3) is 0.300. The molecule has 4 heterocycles. The van der Waals surface area contributed by atoms with Crippen molar-refractivity contribution in [1.29, 1.82) is 0 Å². The Morgan fingerprint density at radius 2 is 2.12 bits per heavy atom. The summed E-state index contributed by atoms with van der Waals surface area (Å²) in [6.45, 7) is 3.99. The summed E-state index contributed by atoms with van der Waals surface area (Å²) in [7, 11) is 0. The normalized spacial score (nSPS) is 18.3. The molecule has 1 aliphatic heterocycles.